The van der Waals surface area contributed by atoms with Gasteiger partial charge in [-0.05, 0) is 59.9 Å². The molecule has 5 nitrogen and oxygen atoms in total. The van der Waals surface area contributed by atoms with Crippen molar-refractivity contribution in [3.63, 3.8) is 0 Å². The van der Waals surface area contributed by atoms with Crippen molar-refractivity contribution in [1.29, 1.82) is 5.26 Å². The van der Waals surface area contributed by atoms with Crippen LogP contribution in [0.2, 0.25) is 0 Å². The van der Waals surface area contributed by atoms with Crippen LogP contribution in [-0.4, -0.2) is 36.7 Å². The Kier molecular flexibility index (Phi) is 5.32. The monoisotopic (exact) mass is 424 g/mol. The quantitative estimate of drug-likeness (QED) is 0.634. The Labute approximate surface area is 189 Å². The van der Waals surface area contributed by atoms with Crippen LogP contribution in [0, 0.1) is 17.2 Å². The Bertz CT molecular complexity index is 1240. The number of nitriles is 1. The van der Waals surface area contributed by atoms with Crippen LogP contribution in [0.15, 0.2) is 65.5 Å². The maximum absolute atomic E-state index is 13.4. The van der Waals surface area contributed by atoms with Gasteiger partial charge in [0.15, 0.2) is 0 Å². The summed E-state index contributed by atoms with van der Waals surface area (Å²) in [5.74, 6) is 0.872. The van der Waals surface area contributed by atoms with Crippen molar-refractivity contribution >= 4 is 5.69 Å². The normalized spacial score (nSPS) is 19.8. The molecular formula is C27H28N4O. The molecule has 1 aromatic heterocycles. The summed E-state index contributed by atoms with van der Waals surface area (Å²) in [6, 6.07) is 22.4. The van der Waals surface area contributed by atoms with Crippen LogP contribution in [0.4, 0.5) is 5.69 Å². The average Bonchev–Trinajstić information content (AvgIpc) is 2.80. The molecule has 2 atom stereocenters. The van der Waals surface area contributed by atoms with Crippen molar-refractivity contribution in [2.45, 2.75) is 25.4 Å². The van der Waals surface area contributed by atoms with Gasteiger partial charge in [-0.3, -0.25) is 9.69 Å². The average molecular weight is 425 g/mol. The summed E-state index contributed by atoms with van der Waals surface area (Å²) in [5, 5.41) is 9.21. The third kappa shape index (κ3) is 3.83. The molecule has 0 saturated carbocycles. The number of benzene rings is 2. The van der Waals surface area contributed by atoms with E-state index in [9.17, 15) is 10.1 Å². The molecule has 2 aliphatic rings. The van der Waals surface area contributed by atoms with Crippen LogP contribution in [0.1, 0.15) is 29.2 Å². The second kappa shape index (κ2) is 8.29. The third-order valence-corrected chi connectivity index (χ3v) is 6.84. The van der Waals surface area contributed by atoms with Gasteiger partial charge < -0.3 is 9.47 Å². The molecule has 0 spiro atoms. The van der Waals surface area contributed by atoms with E-state index in [1.54, 1.807) is 12.1 Å². The standard InChI is InChI=1S/C27H28N4O/c1-29(2)24-8-6-19(7-9-24)15-30-16-21-13-23(18-30)26-11-10-25(27(32)31(26)17-21)22-5-3-4-20(12-22)14-28/h3-12,21,23H,13,15-18H2,1-2H3/t21-,23+/m0/s1. The number of aromatic nitrogens is 1. The lowest BCUT2D eigenvalue weighted by Gasteiger charge is -2.43. The van der Waals surface area contributed by atoms with E-state index in [4.69, 9.17) is 0 Å². The Morgan fingerprint density at radius 1 is 1.03 bits per heavy atom. The number of pyridine rings is 1. The number of hydrogen-bond acceptors (Lipinski definition) is 4. The number of nitrogens with zero attached hydrogens (tertiary/aromatic N) is 4. The Morgan fingerprint density at radius 2 is 1.84 bits per heavy atom. The first-order chi connectivity index (χ1) is 15.5. The van der Waals surface area contributed by atoms with Crippen LogP contribution in [0.25, 0.3) is 11.1 Å². The molecule has 1 fully saturated rings. The van der Waals surface area contributed by atoms with E-state index in [1.165, 1.54) is 11.3 Å². The van der Waals surface area contributed by atoms with Gasteiger partial charge in [0.2, 0.25) is 0 Å². The van der Waals surface area contributed by atoms with Gasteiger partial charge in [0.1, 0.15) is 0 Å². The first-order valence-corrected chi connectivity index (χ1v) is 11.2. The Hall–Kier alpha value is -3.36. The van der Waals surface area contributed by atoms with Gasteiger partial charge in [0, 0.05) is 63.1 Å². The van der Waals surface area contributed by atoms with E-state index < -0.39 is 0 Å². The minimum Gasteiger partial charge on any atom is -0.378 e. The molecule has 0 unspecified atom stereocenters. The number of piperidine rings is 1. The smallest absolute Gasteiger partial charge is 0.258 e. The maximum Gasteiger partial charge on any atom is 0.258 e. The highest BCUT2D eigenvalue weighted by molar-refractivity contribution is 5.64. The predicted molar refractivity (Wildman–Crippen MR) is 128 cm³/mol. The van der Waals surface area contributed by atoms with Crippen LogP contribution in [0.3, 0.4) is 0 Å². The number of rotatable bonds is 4. The van der Waals surface area contributed by atoms with Crippen LogP contribution >= 0.6 is 0 Å². The minimum absolute atomic E-state index is 0.0695. The van der Waals surface area contributed by atoms with E-state index in [2.05, 4.69) is 60.3 Å². The highest BCUT2D eigenvalue weighted by Gasteiger charge is 2.35. The van der Waals surface area contributed by atoms with Crippen LogP contribution in [-0.2, 0) is 13.1 Å². The van der Waals surface area contributed by atoms with Crippen molar-refractivity contribution < 1.29 is 0 Å². The van der Waals surface area contributed by atoms with Gasteiger partial charge in [-0.2, -0.15) is 5.26 Å². The van der Waals surface area contributed by atoms with Crippen LogP contribution < -0.4 is 10.5 Å². The molecule has 2 aromatic carbocycles. The molecule has 1 saturated heterocycles. The summed E-state index contributed by atoms with van der Waals surface area (Å²) in [6.07, 6.45) is 1.15. The summed E-state index contributed by atoms with van der Waals surface area (Å²) >= 11 is 0. The minimum atomic E-state index is 0.0695. The summed E-state index contributed by atoms with van der Waals surface area (Å²) in [5.41, 5.74) is 5.86. The van der Waals surface area contributed by atoms with Gasteiger partial charge in [-0.25, -0.2) is 0 Å². The summed E-state index contributed by atoms with van der Waals surface area (Å²) in [7, 11) is 4.12. The van der Waals surface area contributed by atoms with Crippen molar-refractivity contribution in [3.8, 4) is 17.2 Å². The van der Waals surface area contributed by atoms with Gasteiger partial charge in [0.05, 0.1) is 11.6 Å². The van der Waals surface area contributed by atoms with Gasteiger partial charge >= 0.3 is 0 Å². The van der Waals surface area contributed by atoms with E-state index in [0.717, 1.165) is 43.9 Å². The number of hydrogen-bond donors (Lipinski definition) is 0. The van der Waals surface area contributed by atoms with Crippen LogP contribution in [0.5, 0.6) is 0 Å². The van der Waals surface area contributed by atoms with E-state index in [0.29, 0.717) is 23.0 Å². The first kappa shape index (κ1) is 20.5. The molecule has 32 heavy (non-hydrogen) atoms. The lowest BCUT2D eigenvalue weighted by Crippen LogP contribution is -2.46. The van der Waals surface area contributed by atoms with Crippen molar-refractivity contribution in [3.05, 3.63) is 87.8 Å². The van der Waals surface area contributed by atoms with Crippen molar-refractivity contribution in [2.24, 2.45) is 5.92 Å². The molecular weight excluding hydrogens is 396 g/mol. The van der Waals surface area contributed by atoms with Crippen molar-refractivity contribution in [2.75, 3.05) is 32.1 Å². The zero-order valence-electron chi connectivity index (χ0n) is 18.7. The summed E-state index contributed by atoms with van der Waals surface area (Å²) in [4.78, 5) is 18.0. The molecule has 5 heteroatoms. The summed E-state index contributed by atoms with van der Waals surface area (Å²) < 4.78 is 2.00. The molecule has 3 aromatic rings. The lowest BCUT2D eigenvalue weighted by molar-refractivity contribution is 0.114. The number of anilines is 1. The topological polar surface area (TPSA) is 52.3 Å². The molecule has 162 valence electrons. The molecule has 3 heterocycles. The summed E-state index contributed by atoms with van der Waals surface area (Å²) in [6.45, 7) is 3.72. The molecule has 0 N–H and O–H groups in total. The molecule has 0 aliphatic carbocycles. The fourth-order valence-corrected chi connectivity index (χ4v) is 5.31. The molecule has 5 rings (SSSR count). The van der Waals surface area contributed by atoms with Gasteiger partial charge in [-0.15, -0.1) is 0 Å². The zero-order chi connectivity index (χ0) is 22.2. The number of fused-ring (bicyclic) bond motifs is 4. The van der Waals surface area contributed by atoms with E-state index in [-0.39, 0.29) is 5.56 Å². The maximum atomic E-state index is 13.4. The molecule has 0 radical (unpaired) electrons. The van der Waals surface area contributed by atoms with Gasteiger partial charge in [-0.1, -0.05) is 24.3 Å². The SMILES string of the molecule is CN(C)c1ccc(CN2C[C@@H]3C[C@H](C2)c2ccc(-c4cccc(C#N)c4)c(=O)n2C3)cc1. The lowest BCUT2D eigenvalue weighted by atomic mass is 9.82. The van der Waals surface area contributed by atoms with Gasteiger partial charge in [0.25, 0.3) is 5.56 Å². The highest BCUT2D eigenvalue weighted by Crippen LogP contribution is 2.36. The largest absolute Gasteiger partial charge is 0.378 e. The fraction of sp³-hybridized carbons (Fsp3) is 0.333. The Morgan fingerprint density at radius 3 is 2.59 bits per heavy atom. The predicted octanol–water partition coefficient (Wildman–Crippen LogP) is 4.07. The van der Waals surface area contributed by atoms with E-state index >= 15 is 0 Å². The number of likely N-dealkylation sites (tertiary alicyclic amines) is 1. The van der Waals surface area contributed by atoms with Crippen molar-refractivity contribution in [1.82, 2.24) is 9.47 Å². The Balaban J connectivity index is 1.38. The molecule has 0 amide bonds. The second-order valence-corrected chi connectivity index (χ2v) is 9.33. The fourth-order valence-electron chi connectivity index (χ4n) is 5.31. The molecule has 2 bridgehead atoms. The van der Waals surface area contributed by atoms with E-state index in [1.807, 2.05) is 22.8 Å². The second-order valence-electron chi connectivity index (χ2n) is 9.33. The highest BCUT2D eigenvalue weighted by atomic mass is 16.1. The zero-order valence-corrected chi connectivity index (χ0v) is 18.7. The third-order valence-electron chi connectivity index (χ3n) is 6.84. The molecule has 2 aliphatic heterocycles. The first-order valence-electron chi connectivity index (χ1n) is 11.2.